The van der Waals surface area contributed by atoms with Gasteiger partial charge >= 0.3 is 11.1 Å². The minimum atomic E-state index is -0.544. The van der Waals surface area contributed by atoms with Crippen LogP contribution in [-0.4, -0.2) is 9.13 Å². The summed E-state index contributed by atoms with van der Waals surface area (Å²) in [6, 6.07) is 7.61. The second-order valence-corrected chi connectivity index (χ2v) is 4.24. The predicted octanol–water partition coefficient (Wildman–Crippen LogP) is 1.75. The molecule has 0 fully saturated rings. The molecule has 4 heteroatoms. The molecule has 2 rings (SSSR count). The van der Waals surface area contributed by atoms with E-state index in [1.807, 2.05) is 31.2 Å². The Hall–Kier alpha value is -2.36. The third-order valence-electron chi connectivity index (χ3n) is 2.98. The molecule has 2 aromatic rings. The lowest BCUT2D eigenvalue weighted by atomic mass is 10.1. The first-order valence-corrected chi connectivity index (χ1v) is 6.19. The van der Waals surface area contributed by atoms with Gasteiger partial charge in [0.25, 0.3) is 0 Å². The highest BCUT2D eigenvalue weighted by Gasteiger charge is 2.06. The summed E-state index contributed by atoms with van der Waals surface area (Å²) in [5.74, 6) is 0. The SMILES string of the molecule is C=CCn1ccn(-c2cccc(CC)c2)c(=O)c1=O. The number of rotatable bonds is 4. The maximum absolute atomic E-state index is 12.1. The predicted molar refractivity (Wildman–Crippen MR) is 75.9 cm³/mol. The molecule has 0 unspecified atom stereocenters. The summed E-state index contributed by atoms with van der Waals surface area (Å²) < 4.78 is 2.72. The monoisotopic (exact) mass is 256 g/mol. The van der Waals surface area contributed by atoms with Crippen LogP contribution in [0.1, 0.15) is 12.5 Å². The standard InChI is InChI=1S/C15H16N2O2/c1-3-8-16-9-10-17(15(19)14(16)18)13-7-5-6-12(4-2)11-13/h3,5-7,9-11H,1,4,8H2,2H3. The van der Waals surface area contributed by atoms with Crippen LogP contribution in [0.4, 0.5) is 0 Å². The van der Waals surface area contributed by atoms with Crippen molar-refractivity contribution in [1.29, 1.82) is 0 Å². The van der Waals surface area contributed by atoms with Gasteiger partial charge in [-0.1, -0.05) is 25.1 Å². The zero-order chi connectivity index (χ0) is 13.8. The molecule has 0 aliphatic carbocycles. The number of aryl methyl sites for hydroxylation is 1. The molecule has 0 saturated heterocycles. The van der Waals surface area contributed by atoms with E-state index in [2.05, 4.69) is 6.58 Å². The zero-order valence-electron chi connectivity index (χ0n) is 10.9. The number of hydrogen-bond acceptors (Lipinski definition) is 2. The Morgan fingerprint density at radius 1 is 1.21 bits per heavy atom. The van der Waals surface area contributed by atoms with Gasteiger partial charge in [0.2, 0.25) is 0 Å². The number of benzene rings is 1. The Balaban J connectivity index is 2.57. The first-order chi connectivity index (χ1) is 9.17. The van der Waals surface area contributed by atoms with E-state index in [1.165, 1.54) is 9.13 Å². The Morgan fingerprint density at radius 3 is 2.68 bits per heavy atom. The van der Waals surface area contributed by atoms with Crippen molar-refractivity contribution in [3.63, 3.8) is 0 Å². The van der Waals surface area contributed by atoms with E-state index in [-0.39, 0.29) is 0 Å². The molecule has 1 aromatic carbocycles. The molecule has 0 N–H and O–H groups in total. The van der Waals surface area contributed by atoms with Crippen LogP contribution in [0.5, 0.6) is 0 Å². The average Bonchev–Trinajstić information content (AvgIpc) is 2.44. The van der Waals surface area contributed by atoms with E-state index in [1.54, 1.807) is 18.5 Å². The number of hydrogen-bond donors (Lipinski definition) is 0. The molecule has 0 radical (unpaired) electrons. The second-order valence-electron chi connectivity index (χ2n) is 4.24. The molecule has 0 aliphatic rings. The van der Waals surface area contributed by atoms with Crippen molar-refractivity contribution < 1.29 is 0 Å². The largest absolute Gasteiger partial charge is 0.320 e. The minimum absolute atomic E-state index is 0.337. The molecule has 98 valence electrons. The van der Waals surface area contributed by atoms with Crippen LogP contribution < -0.4 is 11.1 Å². The fraction of sp³-hybridized carbons (Fsp3) is 0.200. The second kappa shape index (κ2) is 5.52. The summed E-state index contributed by atoms with van der Waals surface area (Å²) >= 11 is 0. The summed E-state index contributed by atoms with van der Waals surface area (Å²) in [7, 11) is 0. The quantitative estimate of drug-likeness (QED) is 0.618. The fourth-order valence-corrected chi connectivity index (χ4v) is 1.92. The fourth-order valence-electron chi connectivity index (χ4n) is 1.92. The molecule has 1 aromatic heterocycles. The van der Waals surface area contributed by atoms with Crippen LogP contribution >= 0.6 is 0 Å². The van der Waals surface area contributed by atoms with Gasteiger partial charge < -0.3 is 4.57 Å². The van der Waals surface area contributed by atoms with Gasteiger partial charge in [0.1, 0.15) is 0 Å². The topological polar surface area (TPSA) is 44.0 Å². The van der Waals surface area contributed by atoms with E-state index >= 15 is 0 Å². The number of aromatic nitrogens is 2. The highest BCUT2D eigenvalue weighted by atomic mass is 16.2. The van der Waals surface area contributed by atoms with Crippen molar-refractivity contribution in [2.45, 2.75) is 19.9 Å². The van der Waals surface area contributed by atoms with E-state index < -0.39 is 11.1 Å². The van der Waals surface area contributed by atoms with E-state index in [4.69, 9.17) is 0 Å². The van der Waals surface area contributed by atoms with Gasteiger partial charge in [0.05, 0.1) is 0 Å². The highest BCUT2D eigenvalue weighted by molar-refractivity contribution is 5.35. The molecule has 4 nitrogen and oxygen atoms in total. The molecule has 0 spiro atoms. The maximum atomic E-state index is 12.1. The molecule has 0 amide bonds. The molecule has 19 heavy (non-hydrogen) atoms. The van der Waals surface area contributed by atoms with Gasteiger partial charge in [-0.2, -0.15) is 0 Å². The summed E-state index contributed by atoms with van der Waals surface area (Å²) in [4.78, 5) is 23.9. The third kappa shape index (κ3) is 2.57. The Kier molecular flexibility index (Phi) is 3.80. The zero-order valence-corrected chi connectivity index (χ0v) is 10.9. The van der Waals surface area contributed by atoms with Crippen LogP contribution in [0, 0.1) is 0 Å². The molecule has 0 atom stereocenters. The highest BCUT2D eigenvalue weighted by Crippen LogP contribution is 2.08. The van der Waals surface area contributed by atoms with Crippen molar-refractivity contribution in [3.8, 4) is 5.69 Å². The molecular formula is C15H16N2O2. The summed E-state index contributed by atoms with van der Waals surface area (Å²) in [6.45, 7) is 5.94. The van der Waals surface area contributed by atoms with E-state index in [9.17, 15) is 9.59 Å². The summed E-state index contributed by atoms with van der Waals surface area (Å²) in [5, 5.41) is 0. The lowest BCUT2D eigenvalue weighted by molar-refractivity contribution is 0.733. The minimum Gasteiger partial charge on any atom is -0.306 e. The van der Waals surface area contributed by atoms with Crippen molar-refractivity contribution in [2.75, 3.05) is 0 Å². The van der Waals surface area contributed by atoms with E-state index in [0.29, 0.717) is 12.2 Å². The van der Waals surface area contributed by atoms with Gasteiger partial charge in [0.15, 0.2) is 0 Å². The van der Waals surface area contributed by atoms with Gasteiger partial charge in [-0.05, 0) is 24.1 Å². The Labute approximate surface area is 111 Å². The van der Waals surface area contributed by atoms with Crippen molar-refractivity contribution in [2.24, 2.45) is 0 Å². The van der Waals surface area contributed by atoms with Gasteiger partial charge in [-0.3, -0.25) is 14.2 Å². The van der Waals surface area contributed by atoms with Crippen LogP contribution in [0.3, 0.4) is 0 Å². The molecule has 0 saturated carbocycles. The van der Waals surface area contributed by atoms with Gasteiger partial charge in [-0.15, -0.1) is 6.58 Å². The average molecular weight is 256 g/mol. The first kappa shape index (κ1) is 13.1. The lowest BCUT2D eigenvalue weighted by Crippen LogP contribution is -2.39. The molecule has 0 aliphatic heterocycles. The Bertz CT molecular complexity index is 711. The van der Waals surface area contributed by atoms with Crippen LogP contribution in [0.25, 0.3) is 5.69 Å². The lowest BCUT2D eigenvalue weighted by Gasteiger charge is -2.08. The smallest absolute Gasteiger partial charge is 0.306 e. The van der Waals surface area contributed by atoms with Crippen molar-refractivity contribution in [1.82, 2.24) is 9.13 Å². The third-order valence-corrected chi connectivity index (χ3v) is 2.98. The normalized spacial score (nSPS) is 10.4. The van der Waals surface area contributed by atoms with Crippen LogP contribution in [0.15, 0.2) is 58.9 Å². The molecular weight excluding hydrogens is 240 g/mol. The molecule has 1 heterocycles. The van der Waals surface area contributed by atoms with Crippen LogP contribution in [0.2, 0.25) is 0 Å². The number of nitrogens with zero attached hydrogens (tertiary/aromatic N) is 2. The number of allylic oxidation sites excluding steroid dienone is 1. The van der Waals surface area contributed by atoms with Crippen LogP contribution in [-0.2, 0) is 13.0 Å². The van der Waals surface area contributed by atoms with Crippen molar-refractivity contribution >= 4 is 0 Å². The Morgan fingerprint density at radius 2 is 2.00 bits per heavy atom. The van der Waals surface area contributed by atoms with Gasteiger partial charge in [0, 0.05) is 24.6 Å². The summed E-state index contributed by atoms with van der Waals surface area (Å²) in [5.41, 5.74) is 0.758. The first-order valence-electron chi connectivity index (χ1n) is 6.19. The van der Waals surface area contributed by atoms with Gasteiger partial charge in [-0.25, -0.2) is 0 Å². The van der Waals surface area contributed by atoms with Crippen molar-refractivity contribution in [3.05, 3.63) is 75.6 Å². The maximum Gasteiger partial charge on any atom is 0.320 e. The van der Waals surface area contributed by atoms with E-state index in [0.717, 1.165) is 12.0 Å². The molecule has 0 bridgehead atoms. The summed E-state index contributed by atoms with van der Waals surface area (Å²) in [6.07, 6.45) is 5.69.